The van der Waals surface area contributed by atoms with Crippen molar-refractivity contribution in [1.29, 1.82) is 0 Å². The van der Waals surface area contributed by atoms with Crippen LogP contribution in [0.3, 0.4) is 0 Å². The first kappa shape index (κ1) is 22.1. The highest BCUT2D eigenvalue weighted by atomic mass is 32.2. The summed E-state index contributed by atoms with van der Waals surface area (Å²) in [5.41, 5.74) is 1.65. The van der Waals surface area contributed by atoms with Crippen molar-refractivity contribution in [2.24, 2.45) is 5.92 Å². The summed E-state index contributed by atoms with van der Waals surface area (Å²) in [4.78, 5) is 20.4. The molecule has 3 aliphatic rings. The van der Waals surface area contributed by atoms with Crippen LogP contribution in [-0.4, -0.2) is 55.6 Å². The summed E-state index contributed by atoms with van der Waals surface area (Å²) in [5, 5.41) is 0. The lowest BCUT2D eigenvalue weighted by Gasteiger charge is -2.18. The van der Waals surface area contributed by atoms with Crippen molar-refractivity contribution < 1.29 is 27.1 Å². The standard InChI is InChI=1S/C23H26FN3O5S/c1-33(29,30)14-26-11-16-8-17(9-20(24)19(16)12-26)27-7-6-21(23(27)28)32-18-4-5-22(25-10-18)31-13-15-2-3-15/h4-5,8-10,15,21H,2-3,6-7,11-14H2,1H3/t21-/m1/s1. The Morgan fingerprint density at radius 1 is 1.18 bits per heavy atom. The number of halogens is 1. The van der Waals surface area contributed by atoms with Gasteiger partial charge in [0.1, 0.15) is 17.4 Å². The van der Waals surface area contributed by atoms with Crippen molar-refractivity contribution in [2.75, 3.05) is 30.2 Å². The number of benzene rings is 1. The van der Waals surface area contributed by atoms with E-state index in [0.29, 0.717) is 60.5 Å². The van der Waals surface area contributed by atoms with E-state index in [1.54, 1.807) is 29.3 Å². The van der Waals surface area contributed by atoms with Crippen LogP contribution in [0.15, 0.2) is 30.5 Å². The minimum atomic E-state index is -3.21. The van der Waals surface area contributed by atoms with Crippen molar-refractivity contribution in [3.05, 3.63) is 47.4 Å². The van der Waals surface area contributed by atoms with Crippen molar-refractivity contribution >= 4 is 21.4 Å². The lowest BCUT2D eigenvalue weighted by molar-refractivity contribution is -0.122. The first-order chi connectivity index (χ1) is 15.7. The number of pyridine rings is 1. The Balaban J connectivity index is 1.23. The molecular weight excluding hydrogens is 449 g/mol. The minimum absolute atomic E-state index is 0.131. The topological polar surface area (TPSA) is 89.0 Å². The van der Waals surface area contributed by atoms with Crippen molar-refractivity contribution in [1.82, 2.24) is 9.88 Å². The van der Waals surface area contributed by atoms with Crippen LogP contribution in [0.1, 0.15) is 30.4 Å². The Morgan fingerprint density at radius 2 is 2.00 bits per heavy atom. The zero-order chi connectivity index (χ0) is 23.2. The summed E-state index contributed by atoms with van der Waals surface area (Å²) in [6.07, 6.45) is 4.90. The highest BCUT2D eigenvalue weighted by Crippen LogP contribution is 2.33. The second kappa shape index (κ2) is 8.57. The van der Waals surface area contributed by atoms with Crippen LogP contribution < -0.4 is 14.4 Å². The number of anilines is 1. The van der Waals surface area contributed by atoms with Gasteiger partial charge in [-0.1, -0.05) is 0 Å². The summed E-state index contributed by atoms with van der Waals surface area (Å²) in [5.74, 6) is 0.846. The fraction of sp³-hybridized carbons (Fsp3) is 0.478. The number of fused-ring (bicyclic) bond motifs is 1. The molecule has 2 aliphatic heterocycles. The predicted molar refractivity (Wildman–Crippen MR) is 119 cm³/mol. The number of aromatic nitrogens is 1. The number of nitrogens with zero attached hydrogens (tertiary/aromatic N) is 3. The van der Waals surface area contributed by atoms with E-state index in [1.165, 1.54) is 23.8 Å². The van der Waals surface area contributed by atoms with Gasteiger partial charge >= 0.3 is 0 Å². The molecule has 0 unspecified atom stereocenters. The molecule has 3 heterocycles. The summed E-state index contributed by atoms with van der Waals surface area (Å²) < 4.78 is 49.4. The third kappa shape index (κ3) is 5.11. The molecular formula is C23H26FN3O5S. The molecule has 0 spiro atoms. The van der Waals surface area contributed by atoms with Crippen LogP contribution in [0.5, 0.6) is 11.6 Å². The highest BCUT2D eigenvalue weighted by molar-refractivity contribution is 7.90. The number of hydrogen-bond acceptors (Lipinski definition) is 7. The second-order valence-corrected chi connectivity index (χ2v) is 11.2. The SMILES string of the molecule is CS(=O)(=O)CN1Cc2cc(N3CC[C@@H](Oc4ccc(OCC5CC5)nc4)C3=O)cc(F)c2C1. The van der Waals surface area contributed by atoms with Gasteiger partial charge in [0, 0.05) is 49.6 Å². The van der Waals surface area contributed by atoms with E-state index >= 15 is 0 Å². The van der Waals surface area contributed by atoms with Gasteiger partial charge in [0.25, 0.3) is 5.91 Å². The van der Waals surface area contributed by atoms with Gasteiger partial charge in [-0.05, 0) is 42.5 Å². The van der Waals surface area contributed by atoms with Gasteiger partial charge in [-0.2, -0.15) is 0 Å². The largest absolute Gasteiger partial charge is 0.479 e. The fourth-order valence-corrected chi connectivity index (χ4v) is 5.13. The van der Waals surface area contributed by atoms with Crippen LogP contribution >= 0.6 is 0 Å². The Hall–Kier alpha value is -2.72. The highest BCUT2D eigenvalue weighted by Gasteiger charge is 2.36. The smallest absolute Gasteiger partial charge is 0.268 e. The van der Waals surface area contributed by atoms with Crippen LogP contribution in [-0.2, 0) is 27.7 Å². The molecule has 1 aromatic carbocycles. The van der Waals surface area contributed by atoms with E-state index in [-0.39, 0.29) is 18.3 Å². The maximum atomic E-state index is 14.8. The third-order valence-electron chi connectivity index (χ3n) is 6.08. The average molecular weight is 476 g/mol. The number of ether oxygens (including phenoxy) is 2. The van der Waals surface area contributed by atoms with Gasteiger partial charge in [-0.3, -0.25) is 9.69 Å². The van der Waals surface area contributed by atoms with Gasteiger partial charge in [-0.15, -0.1) is 0 Å². The molecule has 0 bridgehead atoms. The van der Waals surface area contributed by atoms with Crippen LogP contribution in [0, 0.1) is 11.7 Å². The Labute approximate surface area is 192 Å². The van der Waals surface area contributed by atoms with Crippen molar-refractivity contribution in [2.45, 2.75) is 38.5 Å². The van der Waals surface area contributed by atoms with Gasteiger partial charge in [-0.25, -0.2) is 17.8 Å². The number of sulfone groups is 1. The molecule has 1 aromatic heterocycles. The molecule has 176 valence electrons. The first-order valence-corrected chi connectivity index (χ1v) is 13.1. The van der Waals surface area contributed by atoms with E-state index in [0.717, 1.165) is 6.26 Å². The van der Waals surface area contributed by atoms with Crippen molar-refractivity contribution in [3.8, 4) is 11.6 Å². The van der Waals surface area contributed by atoms with Gasteiger partial charge in [0.2, 0.25) is 5.88 Å². The molecule has 1 saturated heterocycles. The molecule has 1 aliphatic carbocycles. The van der Waals surface area contributed by atoms with Crippen LogP contribution in [0.4, 0.5) is 10.1 Å². The molecule has 2 fully saturated rings. The van der Waals surface area contributed by atoms with Gasteiger partial charge in [0.05, 0.1) is 12.8 Å². The molecule has 5 rings (SSSR count). The van der Waals surface area contributed by atoms with Crippen LogP contribution in [0.25, 0.3) is 0 Å². The zero-order valence-corrected chi connectivity index (χ0v) is 19.2. The van der Waals surface area contributed by atoms with Crippen LogP contribution in [0.2, 0.25) is 0 Å². The molecule has 1 saturated carbocycles. The van der Waals surface area contributed by atoms with Gasteiger partial charge < -0.3 is 14.4 Å². The minimum Gasteiger partial charge on any atom is -0.479 e. The molecule has 0 N–H and O–H groups in total. The lowest BCUT2D eigenvalue weighted by Crippen LogP contribution is -2.32. The molecule has 1 amide bonds. The zero-order valence-electron chi connectivity index (χ0n) is 18.4. The number of rotatable bonds is 8. The summed E-state index contributed by atoms with van der Waals surface area (Å²) in [6.45, 7) is 1.65. The van der Waals surface area contributed by atoms with E-state index in [4.69, 9.17) is 9.47 Å². The first-order valence-electron chi connectivity index (χ1n) is 11.0. The molecule has 10 heteroatoms. The van der Waals surface area contributed by atoms with E-state index in [1.807, 2.05) is 0 Å². The monoisotopic (exact) mass is 475 g/mol. The average Bonchev–Trinajstić information content (AvgIpc) is 3.39. The molecule has 8 nitrogen and oxygen atoms in total. The molecule has 2 aromatic rings. The lowest BCUT2D eigenvalue weighted by atomic mass is 10.1. The summed E-state index contributed by atoms with van der Waals surface area (Å²) >= 11 is 0. The molecule has 33 heavy (non-hydrogen) atoms. The van der Waals surface area contributed by atoms with Crippen molar-refractivity contribution in [3.63, 3.8) is 0 Å². The van der Waals surface area contributed by atoms with E-state index < -0.39 is 21.8 Å². The Kier molecular flexibility index (Phi) is 5.74. The van der Waals surface area contributed by atoms with Gasteiger partial charge in [0.15, 0.2) is 15.9 Å². The normalized spacial score (nSPS) is 20.8. The number of hydrogen-bond donors (Lipinski definition) is 0. The number of carbonyl (C=O) groups is 1. The number of carbonyl (C=O) groups excluding carboxylic acids is 1. The maximum Gasteiger partial charge on any atom is 0.268 e. The second-order valence-electron chi connectivity index (χ2n) is 9.08. The quantitative estimate of drug-likeness (QED) is 0.580. The molecule has 1 atom stereocenters. The summed E-state index contributed by atoms with van der Waals surface area (Å²) in [7, 11) is -3.21. The Morgan fingerprint density at radius 3 is 2.70 bits per heavy atom. The summed E-state index contributed by atoms with van der Waals surface area (Å²) in [6, 6.07) is 6.58. The van der Waals surface area contributed by atoms with E-state index in [2.05, 4.69) is 4.98 Å². The predicted octanol–water partition coefficient (Wildman–Crippen LogP) is 2.51. The third-order valence-corrected chi connectivity index (χ3v) is 6.92. The fourth-order valence-electron chi connectivity index (χ4n) is 4.29. The van der Waals surface area contributed by atoms with E-state index in [9.17, 15) is 17.6 Å². The maximum absolute atomic E-state index is 14.8. The molecule has 0 radical (unpaired) electrons. The Bertz CT molecular complexity index is 1170. The number of amides is 1.